The van der Waals surface area contributed by atoms with E-state index in [4.69, 9.17) is 0 Å². The summed E-state index contributed by atoms with van der Waals surface area (Å²) in [4.78, 5) is 43.8. The second kappa shape index (κ2) is 6.45. The summed E-state index contributed by atoms with van der Waals surface area (Å²) in [5.74, 6) is -0.406. The summed E-state index contributed by atoms with van der Waals surface area (Å²) in [7, 11) is 0. The number of rotatable bonds is 4. The Bertz CT molecular complexity index is 990. The average Bonchev–Trinajstić information content (AvgIpc) is 2.59. The third-order valence-corrected chi connectivity index (χ3v) is 3.67. The largest absolute Gasteiger partial charge is 0.329 e. The number of nitrogens with zero attached hydrogens (tertiary/aromatic N) is 2. The molecule has 1 N–H and O–H groups in total. The molecule has 1 aromatic carbocycles. The number of nitrogens with one attached hydrogen (secondary N) is 1. The Morgan fingerprint density at radius 3 is 2.50 bits per heavy atom. The number of Topliss-reactive ketones (excluding diaryl/α,β-unsaturated/α-hetero) is 1. The number of pyridine rings is 1. The molecule has 120 valence electrons. The minimum absolute atomic E-state index is 0.0430. The third-order valence-electron chi connectivity index (χ3n) is 3.67. The molecule has 0 radical (unpaired) electrons. The van der Waals surface area contributed by atoms with E-state index >= 15 is 0 Å². The van der Waals surface area contributed by atoms with Crippen LogP contribution >= 0.6 is 0 Å². The monoisotopic (exact) mass is 321 g/mol. The van der Waals surface area contributed by atoms with Crippen LogP contribution in [-0.4, -0.2) is 20.3 Å². The van der Waals surface area contributed by atoms with Crippen LogP contribution in [0.3, 0.4) is 0 Å². The Kier molecular flexibility index (Phi) is 4.20. The van der Waals surface area contributed by atoms with Gasteiger partial charge in [0.15, 0.2) is 5.78 Å². The van der Waals surface area contributed by atoms with Crippen LogP contribution in [0.15, 0.2) is 64.4 Å². The van der Waals surface area contributed by atoms with E-state index in [1.807, 2.05) is 30.3 Å². The van der Waals surface area contributed by atoms with Gasteiger partial charge in [-0.05, 0) is 24.6 Å². The van der Waals surface area contributed by atoms with E-state index < -0.39 is 17.0 Å². The van der Waals surface area contributed by atoms with Crippen LogP contribution in [0.5, 0.6) is 0 Å². The third kappa shape index (κ3) is 2.94. The summed E-state index contributed by atoms with van der Waals surface area (Å²) >= 11 is 0. The lowest BCUT2D eigenvalue weighted by Crippen LogP contribution is -2.39. The van der Waals surface area contributed by atoms with E-state index in [0.717, 1.165) is 10.1 Å². The first-order valence-corrected chi connectivity index (χ1v) is 7.40. The number of hydrogen-bond donors (Lipinski definition) is 1. The van der Waals surface area contributed by atoms with Crippen LogP contribution in [0.4, 0.5) is 0 Å². The van der Waals surface area contributed by atoms with E-state index in [2.05, 4.69) is 9.97 Å². The van der Waals surface area contributed by atoms with Gasteiger partial charge in [-0.1, -0.05) is 30.3 Å². The smallest absolute Gasteiger partial charge is 0.306 e. The number of carbonyl (C=O) groups is 1. The minimum Gasteiger partial charge on any atom is -0.306 e. The van der Waals surface area contributed by atoms with Crippen LogP contribution in [0, 0.1) is 0 Å². The zero-order valence-corrected chi connectivity index (χ0v) is 13.0. The normalized spacial score (nSPS) is 10.5. The van der Waals surface area contributed by atoms with Crippen molar-refractivity contribution in [1.82, 2.24) is 14.5 Å². The van der Waals surface area contributed by atoms with Crippen LogP contribution in [0.2, 0.25) is 0 Å². The van der Waals surface area contributed by atoms with Crippen molar-refractivity contribution in [2.45, 2.75) is 13.5 Å². The highest BCUT2D eigenvalue weighted by Crippen LogP contribution is 2.17. The first-order valence-electron chi connectivity index (χ1n) is 7.40. The van der Waals surface area contributed by atoms with Crippen molar-refractivity contribution in [3.8, 4) is 11.3 Å². The molecule has 3 rings (SSSR count). The maximum Gasteiger partial charge on any atom is 0.329 e. The van der Waals surface area contributed by atoms with Crippen molar-refractivity contribution >= 4 is 5.78 Å². The zero-order valence-electron chi connectivity index (χ0n) is 13.0. The predicted molar refractivity (Wildman–Crippen MR) is 90.1 cm³/mol. The molecule has 0 saturated carbocycles. The summed E-state index contributed by atoms with van der Waals surface area (Å²) in [6, 6.07) is 12.5. The Morgan fingerprint density at radius 1 is 1.12 bits per heavy atom. The molecule has 0 saturated heterocycles. The molecule has 0 atom stereocenters. The van der Waals surface area contributed by atoms with Gasteiger partial charge in [0.05, 0.1) is 12.2 Å². The van der Waals surface area contributed by atoms with Gasteiger partial charge < -0.3 is 4.98 Å². The zero-order chi connectivity index (χ0) is 17.1. The summed E-state index contributed by atoms with van der Waals surface area (Å²) in [5, 5.41) is 0. The molecule has 0 bridgehead atoms. The Balaban J connectivity index is 2.21. The molecule has 6 heteroatoms. The number of ketones is 1. The van der Waals surface area contributed by atoms with E-state index in [9.17, 15) is 14.4 Å². The number of hydrogen-bond acceptors (Lipinski definition) is 4. The van der Waals surface area contributed by atoms with Crippen LogP contribution < -0.4 is 11.2 Å². The Morgan fingerprint density at radius 2 is 1.88 bits per heavy atom. The van der Waals surface area contributed by atoms with Crippen molar-refractivity contribution < 1.29 is 4.79 Å². The predicted octanol–water partition coefficient (Wildman–Crippen LogP) is 1.85. The lowest BCUT2D eigenvalue weighted by molar-refractivity contribution is 0.101. The molecule has 24 heavy (non-hydrogen) atoms. The van der Waals surface area contributed by atoms with Crippen molar-refractivity contribution in [3.63, 3.8) is 0 Å². The summed E-state index contributed by atoms with van der Waals surface area (Å²) < 4.78 is 1.03. The average molecular weight is 321 g/mol. The number of aromatic nitrogens is 3. The number of H-pyrrole nitrogens is 1. The molecular weight excluding hydrogens is 306 g/mol. The quantitative estimate of drug-likeness (QED) is 0.743. The topological polar surface area (TPSA) is 84.8 Å². The fraction of sp³-hybridized carbons (Fsp3) is 0.111. The summed E-state index contributed by atoms with van der Waals surface area (Å²) in [5.41, 5.74) is 0.313. The highest BCUT2D eigenvalue weighted by atomic mass is 16.2. The van der Waals surface area contributed by atoms with E-state index in [-0.39, 0.29) is 17.8 Å². The van der Waals surface area contributed by atoms with Gasteiger partial charge in [-0.3, -0.25) is 19.1 Å². The van der Waals surface area contributed by atoms with Gasteiger partial charge in [0.25, 0.3) is 5.56 Å². The van der Waals surface area contributed by atoms with Crippen molar-refractivity contribution in [2.24, 2.45) is 0 Å². The highest BCUT2D eigenvalue weighted by molar-refractivity contribution is 5.99. The highest BCUT2D eigenvalue weighted by Gasteiger charge is 2.19. The number of benzene rings is 1. The molecule has 0 aliphatic carbocycles. The standard InChI is InChI=1S/C18H15N3O3/c1-12(22)15-16(14-8-5-9-19-10-14)20-18(24)21(17(15)23)11-13-6-3-2-4-7-13/h2-10H,11H2,1H3,(H,20,24). The van der Waals surface area contributed by atoms with Gasteiger partial charge >= 0.3 is 5.69 Å². The minimum atomic E-state index is -0.603. The SMILES string of the molecule is CC(=O)c1c(-c2cccnc2)[nH]c(=O)n(Cc2ccccc2)c1=O. The van der Waals surface area contributed by atoms with E-state index in [1.165, 1.54) is 13.1 Å². The molecule has 2 aromatic heterocycles. The lowest BCUT2D eigenvalue weighted by Gasteiger charge is -2.11. The maximum absolute atomic E-state index is 12.7. The summed E-state index contributed by atoms with van der Waals surface area (Å²) in [6.07, 6.45) is 3.07. The van der Waals surface area contributed by atoms with Gasteiger partial charge in [-0.25, -0.2) is 4.79 Å². The van der Waals surface area contributed by atoms with Crippen LogP contribution in [0.1, 0.15) is 22.8 Å². The molecule has 0 amide bonds. The molecule has 0 spiro atoms. The lowest BCUT2D eigenvalue weighted by atomic mass is 10.1. The second-order valence-electron chi connectivity index (χ2n) is 5.35. The molecule has 2 heterocycles. The van der Waals surface area contributed by atoms with Gasteiger partial charge in [-0.15, -0.1) is 0 Å². The Hall–Kier alpha value is -3.28. The Labute approximate surface area is 137 Å². The number of carbonyl (C=O) groups excluding carboxylic acids is 1. The van der Waals surface area contributed by atoms with E-state index in [1.54, 1.807) is 18.3 Å². The summed E-state index contributed by atoms with van der Waals surface area (Å²) in [6.45, 7) is 1.41. The molecule has 6 nitrogen and oxygen atoms in total. The second-order valence-corrected chi connectivity index (χ2v) is 5.35. The number of aromatic amines is 1. The van der Waals surface area contributed by atoms with Gasteiger partial charge in [-0.2, -0.15) is 0 Å². The van der Waals surface area contributed by atoms with Crippen LogP contribution in [0.25, 0.3) is 11.3 Å². The molecule has 3 aromatic rings. The fourth-order valence-corrected chi connectivity index (χ4v) is 2.53. The van der Waals surface area contributed by atoms with Crippen molar-refractivity contribution in [1.29, 1.82) is 0 Å². The first kappa shape index (κ1) is 15.6. The fourth-order valence-electron chi connectivity index (χ4n) is 2.53. The maximum atomic E-state index is 12.7. The molecule has 0 aliphatic heterocycles. The van der Waals surface area contributed by atoms with Crippen molar-refractivity contribution in [3.05, 3.63) is 86.8 Å². The molecule has 0 fully saturated rings. The van der Waals surface area contributed by atoms with E-state index in [0.29, 0.717) is 5.56 Å². The van der Waals surface area contributed by atoms with Crippen LogP contribution in [-0.2, 0) is 6.54 Å². The molecule has 0 unspecified atom stereocenters. The first-order chi connectivity index (χ1) is 11.6. The van der Waals surface area contributed by atoms with Gasteiger partial charge in [0.2, 0.25) is 0 Å². The van der Waals surface area contributed by atoms with Gasteiger partial charge in [0, 0.05) is 18.0 Å². The van der Waals surface area contributed by atoms with Crippen molar-refractivity contribution in [2.75, 3.05) is 0 Å². The molecule has 0 aliphatic rings. The van der Waals surface area contributed by atoms with Gasteiger partial charge in [0.1, 0.15) is 5.56 Å². The molecular formula is C18H15N3O3.